The number of hydrogen-bond acceptors (Lipinski definition) is 3. The molecular weight excluding hydrogens is 282 g/mol. The fourth-order valence-corrected chi connectivity index (χ4v) is 3.73. The highest BCUT2D eigenvalue weighted by atomic mass is 35.5. The van der Waals surface area contributed by atoms with Gasteiger partial charge in [-0.05, 0) is 44.1 Å². The highest BCUT2D eigenvalue weighted by molar-refractivity contribution is 6.30. The van der Waals surface area contributed by atoms with Gasteiger partial charge in [0.05, 0.1) is 0 Å². The van der Waals surface area contributed by atoms with Gasteiger partial charge >= 0.3 is 0 Å². The van der Waals surface area contributed by atoms with Crippen LogP contribution in [0.3, 0.4) is 0 Å². The van der Waals surface area contributed by atoms with E-state index >= 15 is 0 Å². The molecule has 0 bridgehead atoms. The van der Waals surface area contributed by atoms with Crippen LogP contribution >= 0.6 is 11.6 Å². The summed E-state index contributed by atoms with van der Waals surface area (Å²) in [5.74, 6) is 0.658. The molecule has 2 rings (SSSR count). The SMILES string of the molecule is CCC(N)C(c1cccc(Cl)c1)N1CC(C)C(N(C)C)C1. The van der Waals surface area contributed by atoms with E-state index in [2.05, 4.69) is 49.9 Å². The number of nitrogens with zero attached hydrogens (tertiary/aromatic N) is 2. The van der Waals surface area contributed by atoms with Crippen molar-refractivity contribution in [2.45, 2.75) is 38.4 Å². The van der Waals surface area contributed by atoms with Crippen LogP contribution in [0, 0.1) is 5.92 Å². The Hall–Kier alpha value is -0.610. The average Bonchev–Trinajstić information content (AvgIpc) is 2.81. The molecule has 0 aliphatic carbocycles. The molecule has 0 amide bonds. The van der Waals surface area contributed by atoms with Crippen LogP contribution in [0.4, 0.5) is 0 Å². The van der Waals surface area contributed by atoms with Gasteiger partial charge in [0.1, 0.15) is 0 Å². The quantitative estimate of drug-likeness (QED) is 0.907. The van der Waals surface area contributed by atoms with E-state index in [1.165, 1.54) is 5.56 Å². The molecule has 1 aromatic rings. The standard InChI is InChI=1S/C17H28ClN3/c1-5-15(19)17(13-7-6-8-14(18)9-13)21-10-12(2)16(11-21)20(3)4/h6-9,12,15-17H,5,10-11,19H2,1-4H3. The summed E-state index contributed by atoms with van der Waals surface area (Å²) in [6.45, 7) is 6.65. The van der Waals surface area contributed by atoms with Crippen molar-refractivity contribution in [1.29, 1.82) is 0 Å². The van der Waals surface area contributed by atoms with Gasteiger partial charge < -0.3 is 10.6 Å². The molecule has 21 heavy (non-hydrogen) atoms. The Labute approximate surface area is 134 Å². The Balaban J connectivity index is 2.26. The number of benzene rings is 1. The lowest BCUT2D eigenvalue weighted by molar-refractivity contribution is 0.190. The zero-order valence-corrected chi connectivity index (χ0v) is 14.3. The summed E-state index contributed by atoms with van der Waals surface area (Å²) in [5.41, 5.74) is 7.69. The maximum Gasteiger partial charge on any atom is 0.0500 e. The van der Waals surface area contributed by atoms with E-state index in [1.807, 2.05) is 12.1 Å². The molecule has 0 radical (unpaired) electrons. The van der Waals surface area contributed by atoms with E-state index in [9.17, 15) is 0 Å². The Morgan fingerprint density at radius 3 is 2.62 bits per heavy atom. The Bertz CT molecular complexity index is 463. The van der Waals surface area contributed by atoms with Crippen molar-refractivity contribution in [2.75, 3.05) is 27.2 Å². The lowest BCUT2D eigenvalue weighted by Gasteiger charge is -2.33. The minimum atomic E-state index is 0.136. The van der Waals surface area contributed by atoms with E-state index in [4.69, 9.17) is 17.3 Å². The zero-order chi connectivity index (χ0) is 15.6. The van der Waals surface area contributed by atoms with Gasteiger partial charge in [0.2, 0.25) is 0 Å². The van der Waals surface area contributed by atoms with E-state index in [-0.39, 0.29) is 12.1 Å². The van der Waals surface area contributed by atoms with Crippen LogP contribution in [0.25, 0.3) is 0 Å². The topological polar surface area (TPSA) is 32.5 Å². The van der Waals surface area contributed by atoms with Crippen LogP contribution in [-0.2, 0) is 0 Å². The highest BCUT2D eigenvalue weighted by Gasteiger charge is 2.37. The van der Waals surface area contributed by atoms with Crippen molar-refractivity contribution in [1.82, 2.24) is 9.80 Å². The van der Waals surface area contributed by atoms with Gasteiger partial charge in [0, 0.05) is 36.2 Å². The van der Waals surface area contributed by atoms with E-state index in [0.717, 1.165) is 24.5 Å². The molecule has 1 aliphatic heterocycles. The van der Waals surface area contributed by atoms with E-state index < -0.39 is 0 Å². The summed E-state index contributed by atoms with van der Waals surface area (Å²) in [5, 5.41) is 0.789. The first-order valence-electron chi connectivity index (χ1n) is 7.85. The van der Waals surface area contributed by atoms with Gasteiger partial charge in [0.15, 0.2) is 0 Å². The third-order valence-corrected chi connectivity index (χ3v) is 4.96. The largest absolute Gasteiger partial charge is 0.326 e. The first-order valence-corrected chi connectivity index (χ1v) is 8.23. The zero-order valence-electron chi connectivity index (χ0n) is 13.6. The Morgan fingerprint density at radius 2 is 2.10 bits per heavy atom. The highest BCUT2D eigenvalue weighted by Crippen LogP contribution is 2.32. The minimum Gasteiger partial charge on any atom is -0.326 e. The van der Waals surface area contributed by atoms with Gasteiger partial charge in [-0.25, -0.2) is 0 Å². The third kappa shape index (κ3) is 3.78. The van der Waals surface area contributed by atoms with Crippen molar-refractivity contribution in [3.63, 3.8) is 0 Å². The predicted octanol–water partition coefficient (Wildman–Crippen LogP) is 3.00. The van der Waals surface area contributed by atoms with Crippen molar-refractivity contribution in [3.8, 4) is 0 Å². The molecular formula is C17H28ClN3. The lowest BCUT2D eigenvalue weighted by atomic mass is 9.96. The molecule has 4 unspecified atom stereocenters. The van der Waals surface area contributed by atoms with Crippen molar-refractivity contribution in [2.24, 2.45) is 11.7 Å². The van der Waals surface area contributed by atoms with Crippen LogP contribution in [0.2, 0.25) is 5.02 Å². The molecule has 0 spiro atoms. The molecule has 4 atom stereocenters. The normalized spacial score (nSPS) is 26.2. The smallest absolute Gasteiger partial charge is 0.0500 e. The van der Waals surface area contributed by atoms with E-state index in [1.54, 1.807) is 0 Å². The average molecular weight is 310 g/mol. The van der Waals surface area contributed by atoms with Crippen LogP contribution in [0.5, 0.6) is 0 Å². The third-order valence-electron chi connectivity index (χ3n) is 4.72. The lowest BCUT2D eigenvalue weighted by Crippen LogP contribution is -2.41. The number of hydrogen-bond donors (Lipinski definition) is 1. The summed E-state index contributed by atoms with van der Waals surface area (Å²) < 4.78 is 0. The summed E-state index contributed by atoms with van der Waals surface area (Å²) in [4.78, 5) is 4.87. The second-order valence-electron chi connectivity index (χ2n) is 6.53. The second-order valence-corrected chi connectivity index (χ2v) is 6.97. The number of likely N-dealkylation sites (N-methyl/N-ethyl adjacent to an activating group) is 1. The van der Waals surface area contributed by atoms with Gasteiger partial charge in [-0.3, -0.25) is 4.90 Å². The molecule has 1 aromatic carbocycles. The molecule has 0 aromatic heterocycles. The van der Waals surface area contributed by atoms with Crippen molar-refractivity contribution in [3.05, 3.63) is 34.9 Å². The first-order chi connectivity index (χ1) is 9.93. The van der Waals surface area contributed by atoms with Gasteiger partial charge in [-0.1, -0.05) is 37.6 Å². The van der Waals surface area contributed by atoms with Gasteiger partial charge in [-0.15, -0.1) is 0 Å². The summed E-state index contributed by atoms with van der Waals surface area (Å²) >= 11 is 6.18. The summed E-state index contributed by atoms with van der Waals surface area (Å²) in [6.07, 6.45) is 0.967. The van der Waals surface area contributed by atoms with Crippen molar-refractivity contribution < 1.29 is 0 Å². The van der Waals surface area contributed by atoms with Crippen LogP contribution in [0.1, 0.15) is 31.9 Å². The molecule has 118 valence electrons. The van der Waals surface area contributed by atoms with Crippen molar-refractivity contribution >= 4 is 11.6 Å². The van der Waals surface area contributed by atoms with Gasteiger partial charge in [0.25, 0.3) is 0 Å². The predicted molar refractivity (Wildman–Crippen MR) is 90.7 cm³/mol. The fourth-order valence-electron chi connectivity index (χ4n) is 3.53. The Kier molecular flexibility index (Phi) is 5.67. The molecule has 1 fully saturated rings. The molecule has 1 heterocycles. The van der Waals surface area contributed by atoms with E-state index in [0.29, 0.717) is 12.0 Å². The molecule has 1 saturated heterocycles. The molecule has 2 N–H and O–H groups in total. The Morgan fingerprint density at radius 1 is 1.38 bits per heavy atom. The summed E-state index contributed by atoms with van der Waals surface area (Å²) in [6, 6.07) is 9.15. The number of rotatable bonds is 5. The van der Waals surface area contributed by atoms with Gasteiger partial charge in [-0.2, -0.15) is 0 Å². The van der Waals surface area contributed by atoms with Crippen LogP contribution < -0.4 is 5.73 Å². The second kappa shape index (κ2) is 7.10. The van der Waals surface area contributed by atoms with Crippen LogP contribution in [-0.4, -0.2) is 49.1 Å². The molecule has 1 aliphatic rings. The molecule has 3 nitrogen and oxygen atoms in total. The fraction of sp³-hybridized carbons (Fsp3) is 0.647. The molecule has 0 saturated carbocycles. The minimum absolute atomic E-state index is 0.136. The maximum atomic E-state index is 6.45. The number of nitrogens with two attached hydrogens (primary N) is 1. The number of likely N-dealkylation sites (tertiary alicyclic amines) is 1. The van der Waals surface area contributed by atoms with Crippen LogP contribution in [0.15, 0.2) is 24.3 Å². The summed E-state index contributed by atoms with van der Waals surface area (Å²) in [7, 11) is 4.33. The molecule has 4 heteroatoms. The maximum absolute atomic E-state index is 6.45. The first kappa shape index (κ1) is 16.8. The number of halogens is 1. The monoisotopic (exact) mass is 309 g/mol.